The molecule has 0 aliphatic heterocycles. The van der Waals surface area contributed by atoms with Crippen molar-refractivity contribution in [1.29, 1.82) is 0 Å². The molecule has 0 aromatic heterocycles. The lowest BCUT2D eigenvalue weighted by atomic mass is 10.1. The summed E-state index contributed by atoms with van der Waals surface area (Å²) in [6.07, 6.45) is 1.87. The van der Waals surface area contributed by atoms with Crippen LogP contribution in [0.4, 0.5) is 0 Å². The van der Waals surface area contributed by atoms with E-state index in [2.05, 4.69) is 5.32 Å². The second kappa shape index (κ2) is 8.93. The van der Waals surface area contributed by atoms with E-state index >= 15 is 0 Å². The number of nitrogens with one attached hydrogen (secondary N) is 1. The summed E-state index contributed by atoms with van der Waals surface area (Å²) in [4.78, 5) is 13.9. The molecule has 0 aliphatic rings. The summed E-state index contributed by atoms with van der Waals surface area (Å²) in [6, 6.07) is 13.8. The monoisotopic (exact) mass is 411 g/mol. The van der Waals surface area contributed by atoms with E-state index in [-0.39, 0.29) is 22.1 Å². The standard InChI is InChI=1S/C19H22ClNO3S2/c1-4-18(25-16-9-7-15(20)8-10-16)19(22)21-13(2)14-5-11-17(12-6-14)26(3,23)24/h5-13,18H,4H2,1-3H3,(H,21,22)/t13-,18+/m0/s1. The van der Waals surface area contributed by atoms with Gasteiger partial charge in [0.05, 0.1) is 16.2 Å². The second-order valence-corrected chi connectivity index (χ2v) is 9.77. The van der Waals surface area contributed by atoms with Gasteiger partial charge in [-0.05, 0) is 55.3 Å². The number of carbonyl (C=O) groups excluding carboxylic acids is 1. The van der Waals surface area contributed by atoms with Gasteiger partial charge in [-0.3, -0.25) is 4.79 Å². The van der Waals surface area contributed by atoms with Crippen molar-refractivity contribution >= 4 is 39.1 Å². The number of hydrogen-bond acceptors (Lipinski definition) is 4. The van der Waals surface area contributed by atoms with Crippen LogP contribution in [-0.4, -0.2) is 25.8 Å². The number of carbonyl (C=O) groups is 1. The minimum Gasteiger partial charge on any atom is -0.349 e. The molecule has 2 aromatic rings. The summed E-state index contributed by atoms with van der Waals surface area (Å²) in [7, 11) is -3.22. The Morgan fingerprint density at radius 1 is 1.12 bits per heavy atom. The van der Waals surface area contributed by atoms with Crippen molar-refractivity contribution < 1.29 is 13.2 Å². The van der Waals surface area contributed by atoms with Crippen LogP contribution in [0.15, 0.2) is 58.3 Å². The van der Waals surface area contributed by atoms with Gasteiger partial charge in [-0.15, -0.1) is 11.8 Å². The van der Waals surface area contributed by atoms with E-state index in [4.69, 9.17) is 11.6 Å². The maximum absolute atomic E-state index is 12.6. The molecule has 0 spiro atoms. The molecule has 0 fully saturated rings. The van der Waals surface area contributed by atoms with E-state index in [0.717, 1.165) is 10.5 Å². The first-order valence-corrected chi connectivity index (χ1v) is 11.4. The van der Waals surface area contributed by atoms with Gasteiger partial charge in [-0.2, -0.15) is 0 Å². The van der Waals surface area contributed by atoms with Crippen LogP contribution in [0.25, 0.3) is 0 Å². The molecular formula is C19H22ClNO3S2. The molecule has 0 unspecified atom stereocenters. The van der Waals surface area contributed by atoms with Gasteiger partial charge >= 0.3 is 0 Å². The van der Waals surface area contributed by atoms with E-state index in [1.165, 1.54) is 18.0 Å². The SMILES string of the molecule is CC[C@@H](Sc1ccc(Cl)cc1)C(=O)N[C@@H](C)c1ccc(S(C)(=O)=O)cc1. The van der Waals surface area contributed by atoms with Crippen LogP contribution in [0.5, 0.6) is 0 Å². The fourth-order valence-corrected chi connectivity index (χ4v) is 4.11. The highest BCUT2D eigenvalue weighted by atomic mass is 35.5. The largest absolute Gasteiger partial charge is 0.349 e. The van der Waals surface area contributed by atoms with Gasteiger partial charge in [0.25, 0.3) is 0 Å². The molecule has 2 rings (SSSR count). The smallest absolute Gasteiger partial charge is 0.233 e. The Balaban J connectivity index is 2.03. The summed E-state index contributed by atoms with van der Waals surface area (Å²) in [5.41, 5.74) is 0.858. The van der Waals surface area contributed by atoms with Crippen molar-refractivity contribution in [3.63, 3.8) is 0 Å². The first-order chi connectivity index (χ1) is 12.2. The molecule has 2 atom stereocenters. The van der Waals surface area contributed by atoms with Gasteiger partial charge in [0.1, 0.15) is 0 Å². The Kier molecular flexibility index (Phi) is 7.15. The number of hydrogen-bond donors (Lipinski definition) is 1. The van der Waals surface area contributed by atoms with Crippen molar-refractivity contribution in [2.45, 2.75) is 41.4 Å². The number of sulfone groups is 1. The van der Waals surface area contributed by atoms with E-state index in [1.54, 1.807) is 36.4 Å². The zero-order valence-corrected chi connectivity index (χ0v) is 17.3. The third-order valence-corrected chi connectivity index (χ3v) is 6.68. The molecule has 0 saturated carbocycles. The molecule has 0 bridgehead atoms. The van der Waals surface area contributed by atoms with Crippen LogP contribution in [0.2, 0.25) is 5.02 Å². The van der Waals surface area contributed by atoms with Crippen LogP contribution < -0.4 is 5.32 Å². The third-order valence-electron chi connectivity index (χ3n) is 3.92. The summed E-state index contributed by atoms with van der Waals surface area (Å²) < 4.78 is 23.1. The van der Waals surface area contributed by atoms with E-state index in [9.17, 15) is 13.2 Å². The van der Waals surface area contributed by atoms with Crippen molar-refractivity contribution in [2.75, 3.05) is 6.26 Å². The topological polar surface area (TPSA) is 63.2 Å². The van der Waals surface area contributed by atoms with Crippen LogP contribution >= 0.6 is 23.4 Å². The van der Waals surface area contributed by atoms with Gasteiger partial charge in [0.2, 0.25) is 5.91 Å². The maximum Gasteiger partial charge on any atom is 0.233 e. The minimum absolute atomic E-state index is 0.0489. The summed E-state index contributed by atoms with van der Waals surface area (Å²) in [6.45, 7) is 3.85. The molecule has 4 nitrogen and oxygen atoms in total. The fraction of sp³-hybridized carbons (Fsp3) is 0.316. The van der Waals surface area contributed by atoms with Crippen LogP contribution in [-0.2, 0) is 14.6 Å². The number of halogens is 1. The lowest BCUT2D eigenvalue weighted by molar-refractivity contribution is -0.121. The Labute approximate surface area is 164 Å². The van der Waals surface area contributed by atoms with Crippen LogP contribution in [0.1, 0.15) is 31.9 Å². The molecule has 0 saturated heterocycles. The van der Waals surface area contributed by atoms with Crippen molar-refractivity contribution in [2.24, 2.45) is 0 Å². The minimum atomic E-state index is -3.22. The van der Waals surface area contributed by atoms with Gasteiger partial charge in [0, 0.05) is 16.2 Å². The molecule has 7 heteroatoms. The van der Waals surface area contributed by atoms with Crippen LogP contribution in [0, 0.1) is 0 Å². The van der Waals surface area contributed by atoms with E-state index in [1.807, 2.05) is 26.0 Å². The van der Waals surface area contributed by atoms with Crippen molar-refractivity contribution in [3.05, 3.63) is 59.1 Å². The number of benzene rings is 2. The average Bonchev–Trinajstić information content (AvgIpc) is 2.60. The maximum atomic E-state index is 12.6. The zero-order valence-electron chi connectivity index (χ0n) is 14.9. The molecule has 0 aliphatic carbocycles. The lowest BCUT2D eigenvalue weighted by Gasteiger charge is -2.19. The molecule has 0 radical (unpaired) electrons. The molecule has 1 N–H and O–H groups in total. The third kappa shape index (κ3) is 5.76. The highest BCUT2D eigenvalue weighted by Crippen LogP contribution is 2.27. The summed E-state index contributed by atoms with van der Waals surface area (Å²) in [5.74, 6) is -0.0489. The number of amides is 1. The highest BCUT2D eigenvalue weighted by Gasteiger charge is 2.20. The normalized spacial score (nSPS) is 13.8. The summed E-state index contributed by atoms with van der Waals surface area (Å²) in [5, 5.41) is 3.45. The zero-order chi connectivity index (χ0) is 19.3. The average molecular weight is 412 g/mol. The fourth-order valence-electron chi connectivity index (χ4n) is 2.39. The number of thioether (sulfide) groups is 1. The molecule has 26 heavy (non-hydrogen) atoms. The quantitative estimate of drug-likeness (QED) is 0.681. The molecule has 1 amide bonds. The summed E-state index contributed by atoms with van der Waals surface area (Å²) >= 11 is 7.39. The van der Waals surface area contributed by atoms with Crippen LogP contribution in [0.3, 0.4) is 0 Å². The van der Waals surface area contributed by atoms with Gasteiger partial charge in [-0.1, -0.05) is 30.7 Å². The second-order valence-electron chi connectivity index (χ2n) is 6.04. The number of rotatable bonds is 7. The lowest BCUT2D eigenvalue weighted by Crippen LogP contribution is -2.34. The Hall–Kier alpha value is -1.50. The molecular weight excluding hydrogens is 390 g/mol. The first kappa shape index (κ1) is 20.8. The molecule has 0 heterocycles. The van der Waals surface area contributed by atoms with Gasteiger partial charge in [0.15, 0.2) is 9.84 Å². The Morgan fingerprint density at radius 3 is 2.19 bits per heavy atom. The van der Waals surface area contributed by atoms with E-state index in [0.29, 0.717) is 11.4 Å². The Bertz CT molecular complexity index is 849. The Morgan fingerprint density at radius 2 is 1.69 bits per heavy atom. The molecule has 140 valence electrons. The predicted molar refractivity (Wildman–Crippen MR) is 107 cm³/mol. The molecule has 2 aromatic carbocycles. The first-order valence-electron chi connectivity index (χ1n) is 8.23. The van der Waals surface area contributed by atoms with Crippen molar-refractivity contribution in [3.8, 4) is 0 Å². The predicted octanol–water partition coefficient (Wildman–Crippen LogP) is 4.49. The highest BCUT2D eigenvalue weighted by molar-refractivity contribution is 8.00. The van der Waals surface area contributed by atoms with Gasteiger partial charge < -0.3 is 5.32 Å². The van der Waals surface area contributed by atoms with Gasteiger partial charge in [-0.25, -0.2) is 8.42 Å². The van der Waals surface area contributed by atoms with E-state index < -0.39 is 9.84 Å². The van der Waals surface area contributed by atoms with Crippen molar-refractivity contribution in [1.82, 2.24) is 5.32 Å².